The highest BCUT2D eigenvalue weighted by molar-refractivity contribution is 6.05. The Hall–Kier alpha value is -4.13. The lowest BCUT2D eigenvalue weighted by molar-refractivity contribution is -0.127. The number of amides is 3. The van der Waals surface area contributed by atoms with Crippen LogP contribution in [-0.2, 0) is 4.79 Å². The van der Waals surface area contributed by atoms with Crippen molar-refractivity contribution >= 4 is 23.8 Å². The lowest BCUT2D eigenvalue weighted by atomic mass is 10.2. The average molecular weight is 444 g/mol. The van der Waals surface area contributed by atoms with Crippen LogP contribution < -0.4 is 5.32 Å². The van der Waals surface area contributed by atoms with Gasteiger partial charge in [0.15, 0.2) is 0 Å². The highest BCUT2D eigenvalue weighted by atomic mass is 16.3. The third kappa shape index (κ3) is 5.57. The molecule has 33 heavy (non-hydrogen) atoms. The molecule has 3 aromatic rings. The summed E-state index contributed by atoms with van der Waals surface area (Å²) in [6.07, 6.45) is 3.68. The van der Waals surface area contributed by atoms with Gasteiger partial charge < -0.3 is 19.5 Å². The van der Waals surface area contributed by atoms with E-state index in [0.717, 1.165) is 0 Å². The Labute approximate surface area is 192 Å². The summed E-state index contributed by atoms with van der Waals surface area (Å²) in [7, 11) is 0. The fraction of sp³-hybridized carbons (Fsp3) is 0.192. The monoisotopic (exact) mass is 443 g/mol. The number of nitrogens with zero attached hydrogens (tertiary/aromatic N) is 2. The number of carbonyl (C=O) groups excluding carboxylic acids is 3. The molecular formula is C26H25N3O4. The minimum absolute atomic E-state index is 0.0476. The molecule has 0 aliphatic carbocycles. The molecule has 2 heterocycles. The quantitative estimate of drug-likeness (QED) is 0.613. The summed E-state index contributed by atoms with van der Waals surface area (Å²) in [5.41, 5.74) is 1.21. The number of nitrogens with one attached hydrogen (secondary N) is 1. The molecule has 0 atom stereocenters. The first-order valence-corrected chi connectivity index (χ1v) is 10.9. The highest BCUT2D eigenvalue weighted by Crippen LogP contribution is 2.14. The van der Waals surface area contributed by atoms with Gasteiger partial charge in [0.05, 0.1) is 6.26 Å². The van der Waals surface area contributed by atoms with Gasteiger partial charge in [0.25, 0.3) is 17.7 Å². The molecule has 1 aliphatic heterocycles. The summed E-state index contributed by atoms with van der Waals surface area (Å²) in [5, 5.41) is 2.74. The summed E-state index contributed by atoms with van der Waals surface area (Å²) in [6.45, 7) is 1.83. The summed E-state index contributed by atoms with van der Waals surface area (Å²) in [4.78, 5) is 42.4. The number of rotatable bonds is 5. The Morgan fingerprint density at radius 3 is 2.06 bits per heavy atom. The van der Waals surface area contributed by atoms with Gasteiger partial charge in [-0.05, 0) is 42.8 Å². The largest absolute Gasteiger partial charge is 0.465 e. The zero-order chi connectivity index (χ0) is 23.0. The zero-order valence-corrected chi connectivity index (χ0v) is 18.1. The van der Waals surface area contributed by atoms with Gasteiger partial charge in [-0.25, -0.2) is 0 Å². The van der Waals surface area contributed by atoms with Crippen LogP contribution in [0.4, 0.5) is 0 Å². The number of hydrogen-bond donors (Lipinski definition) is 1. The molecular weight excluding hydrogens is 418 g/mol. The maximum atomic E-state index is 13.4. The van der Waals surface area contributed by atoms with E-state index in [1.807, 2.05) is 24.3 Å². The predicted octanol–water partition coefficient (Wildman–Crippen LogP) is 3.43. The smallest absolute Gasteiger partial charge is 0.270 e. The van der Waals surface area contributed by atoms with Crippen molar-refractivity contribution in [2.24, 2.45) is 0 Å². The Morgan fingerprint density at radius 2 is 1.39 bits per heavy atom. The molecule has 1 aliphatic rings. The van der Waals surface area contributed by atoms with Crippen LogP contribution in [0.3, 0.4) is 0 Å². The maximum absolute atomic E-state index is 13.4. The van der Waals surface area contributed by atoms with Crippen LogP contribution >= 0.6 is 0 Å². The molecule has 3 amide bonds. The number of carbonyl (C=O) groups is 3. The topological polar surface area (TPSA) is 82.9 Å². The molecule has 1 aromatic heterocycles. The lowest BCUT2D eigenvalue weighted by Crippen LogP contribution is -2.41. The molecule has 7 nitrogen and oxygen atoms in total. The second-order valence-corrected chi connectivity index (χ2v) is 7.70. The van der Waals surface area contributed by atoms with E-state index in [1.165, 1.54) is 12.3 Å². The zero-order valence-electron chi connectivity index (χ0n) is 18.1. The first kappa shape index (κ1) is 22.1. The minimum atomic E-state index is -0.377. The summed E-state index contributed by atoms with van der Waals surface area (Å²) in [6, 6.07) is 21.3. The van der Waals surface area contributed by atoms with Crippen LogP contribution in [0.25, 0.3) is 6.08 Å². The van der Waals surface area contributed by atoms with E-state index in [4.69, 9.17) is 4.42 Å². The molecule has 0 bridgehead atoms. The SMILES string of the molecule is O=C(N/C(=C/c1ccco1)C(=O)N1CCCN(C(=O)c2ccccc2)CC1)c1ccccc1. The van der Waals surface area contributed by atoms with Crippen LogP contribution in [0, 0.1) is 0 Å². The second-order valence-electron chi connectivity index (χ2n) is 7.70. The van der Waals surface area contributed by atoms with Crippen LogP contribution in [-0.4, -0.2) is 53.7 Å². The van der Waals surface area contributed by atoms with Crippen molar-refractivity contribution < 1.29 is 18.8 Å². The minimum Gasteiger partial charge on any atom is -0.465 e. The van der Waals surface area contributed by atoms with Crippen molar-refractivity contribution in [3.63, 3.8) is 0 Å². The van der Waals surface area contributed by atoms with Gasteiger partial charge in [-0.1, -0.05) is 36.4 Å². The Balaban J connectivity index is 1.49. The molecule has 0 spiro atoms. The van der Waals surface area contributed by atoms with E-state index in [0.29, 0.717) is 49.5 Å². The Morgan fingerprint density at radius 1 is 0.758 bits per heavy atom. The van der Waals surface area contributed by atoms with Gasteiger partial charge in [0, 0.05) is 43.4 Å². The number of hydrogen-bond acceptors (Lipinski definition) is 4. The molecule has 1 fully saturated rings. The molecule has 7 heteroatoms. The highest BCUT2D eigenvalue weighted by Gasteiger charge is 2.26. The van der Waals surface area contributed by atoms with Crippen molar-refractivity contribution in [3.05, 3.63) is 102 Å². The van der Waals surface area contributed by atoms with Crippen molar-refractivity contribution in [3.8, 4) is 0 Å². The van der Waals surface area contributed by atoms with E-state index in [-0.39, 0.29) is 23.4 Å². The maximum Gasteiger partial charge on any atom is 0.270 e. The number of benzene rings is 2. The van der Waals surface area contributed by atoms with E-state index in [2.05, 4.69) is 5.32 Å². The van der Waals surface area contributed by atoms with Crippen LogP contribution in [0.5, 0.6) is 0 Å². The standard InChI is InChI=1S/C26H25N3O4/c30-24(20-9-3-1-4-10-20)27-23(19-22-13-7-18-33-22)26(32)29-15-8-14-28(16-17-29)25(31)21-11-5-2-6-12-21/h1-7,9-13,18-19H,8,14-17H2,(H,27,30)/b23-19+. The molecule has 4 rings (SSSR count). The average Bonchev–Trinajstić information content (AvgIpc) is 3.25. The van der Waals surface area contributed by atoms with Gasteiger partial charge in [-0.3, -0.25) is 14.4 Å². The molecule has 168 valence electrons. The molecule has 0 radical (unpaired) electrons. The van der Waals surface area contributed by atoms with Crippen molar-refractivity contribution in [2.45, 2.75) is 6.42 Å². The van der Waals surface area contributed by atoms with Gasteiger partial charge in [-0.15, -0.1) is 0 Å². The Bertz CT molecular complexity index is 1120. The molecule has 0 unspecified atom stereocenters. The van der Waals surface area contributed by atoms with Crippen molar-refractivity contribution in [1.29, 1.82) is 0 Å². The van der Waals surface area contributed by atoms with Crippen LogP contribution in [0.15, 0.2) is 89.2 Å². The first-order chi connectivity index (χ1) is 16.1. The van der Waals surface area contributed by atoms with Gasteiger partial charge in [0.2, 0.25) is 0 Å². The molecule has 0 saturated carbocycles. The fourth-order valence-corrected chi connectivity index (χ4v) is 3.71. The van der Waals surface area contributed by atoms with Gasteiger partial charge in [-0.2, -0.15) is 0 Å². The van der Waals surface area contributed by atoms with E-state index < -0.39 is 0 Å². The van der Waals surface area contributed by atoms with E-state index >= 15 is 0 Å². The normalized spacial score (nSPS) is 14.5. The van der Waals surface area contributed by atoms with E-state index in [9.17, 15) is 14.4 Å². The van der Waals surface area contributed by atoms with Gasteiger partial charge in [0.1, 0.15) is 11.5 Å². The summed E-state index contributed by atoms with van der Waals surface area (Å²) in [5.74, 6) is -0.279. The number of furan rings is 1. The second kappa shape index (κ2) is 10.5. The van der Waals surface area contributed by atoms with Crippen LogP contribution in [0.1, 0.15) is 32.9 Å². The predicted molar refractivity (Wildman–Crippen MR) is 124 cm³/mol. The Kier molecular flexibility index (Phi) is 6.99. The molecule has 1 N–H and O–H groups in total. The summed E-state index contributed by atoms with van der Waals surface area (Å²) >= 11 is 0. The lowest BCUT2D eigenvalue weighted by Gasteiger charge is -2.23. The fourth-order valence-electron chi connectivity index (χ4n) is 3.71. The van der Waals surface area contributed by atoms with E-state index in [1.54, 1.807) is 58.3 Å². The molecule has 2 aromatic carbocycles. The van der Waals surface area contributed by atoms with Crippen molar-refractivity contribution in [2.75, 3.05) is 26.2 Å². The van der Waals surface area contributed by atoms with Gasteiger partial charge >= 0.3 is 0 Å². The van der Waals surface area contributed by atoms with Crippen LogP contribution in [0.2, 0.25) is 0 Å². The van der Waals surface area contributed by atoms with Crippen molar-refractivity contribution in [1.82, 2.24) is 15.1 Å². The third-order valence-corrected chi connectivity index (χ3v) is 5.44. The third-order valence-electron chi connectivity index (χ3n) is 5.44. The first-order valence-electron chi connectivity index (χ1n) is 10.9. The summed E-state index contributed by atoms with van der Waals surface area (Å²) < 4.78 is 5.36. The molecule has 1 saturated heterocycles.